The van der Waals surface area contributed by atoms with E-state index in [2.05, 4.69) is 10.3 Å². The molecule has 1 aromatic carbocycles. The molecule has 21 heavy (non-hydrogen) atoms. The fourth-order valence-corrected chi connectivity index (χ4v) is 1.79. The fraction of sp³-hybridized carbons (Fsp3) is 0.133. The molecule has 0 spiro atoms. The Kier molecular flexibility index (Phi) is 4.50. The van der Waals surface area contributed by atoms with E-state index < -0.39 is 5.97 Å². The first-order chi connectivity index (χ1) is 10.0. The van der Waals surface area contributed by atoms with Crippen molar-refractivity contribution in [2.75, 3.05) is 11.1 Å². The third-order valence-electron chi connectivity index (χ3n) is 2.78. The van der Waals surface area contributed by atoms with Gasteiger partial charge in [-0.3, -0.25) is 14.6 Å². The number of pyridine rings is 1. The lowest BCUT2D eigenvalue weighted by Crippen LogP contribution is -2.15. The van der Waals surface area contributed by atoms with Gasteiger partial charge in [0, 0.05) is 11.4 Å². The number of nitrogens with two attached hydrogens (primary N) is 1. The summed E-state index contributed by atoms with van der Waals surface area (Å²) in [6.07, 6.45) is 1.62. The number of benzene rings is 1. The molecule has 1 aromatic heterocycles. The molecule has 0 aliphatic carbocycles. The van der Waals surface area contributed by atoms with Crippen LogP contribution < -0.4 is 11.1 Å². The second kappa shape index (κ2) is 6.51. The van der Waals surface area contributed by atoms with Gasteiger partial charge in [0.15, 0.2) is 0 Å². The van der Waals surface area contributed by atoms with E-state index >= 15 is 0 Å². The summed E-state index contributed by atoms with van der Waals surface area (Å²) in [7, 11) is 0. The number of hydrogen-bond acceptors (Lipinski definition) is 4. The number of aromatic nitrogens is 1. The van der Waals surface area contributed by atoms with Gasteiger partial charge in [-0.05, 0) is 29.8 Å². The summed E-state index contributed by atoms with van der Waals surface area (Å²) >= 11 is 0. The van der Waals surface area contributed by atoms with Crippen LogP contribution in [0.15, 0.2) is 42.6 Å². The van der Waals surface area contributed by atoms with Crippen LogP contribution in [0.25, 0.3) is 0 Å². The number of rotatable bonds is 5. The van der Waals surface area contributed by atoms with Crippen molar-refractivity contribution in [3.05, 3.63) is 53.9 Å². The van der Waals surface area contributed by atoms with Crippen molar-refractivity contribution >= 4 is 23.3 Å². The maximum Gasteiger partial charge on any atom is 0.307 e. The first-order valence-electron chi connectivity index (χ1n) is 6.34. The van der Waals surface area contributed by atoms with Crippen LogP contribution in [0.5, 0.6) is 0 Å². The van der Waals surface area contributed by atoms with Gasteiger partial charge in [-0.2, -0.15) is 0 Å². The average molecular weight is 285 g/mol. The second-order valence-corrected chi connectivity index (χ2v) is 4.58. The SMILES string of the molecule is Nc1ccc(CC(=O)Nc2ccc(CC(=O)O)cc2)nc1. The molecule has 4 N–H and O–H groups in total. The Balaban J connectivity index is 1.93. The lowest BCUT2D eigenvalue weighted by Gasteiger charge is -2.06. The Morgan fingerprint density at radius 3 is 2.38 bits per heavy atom. The molecule has 0 saturated heterocycles. The minimum atomic E-state index is -0.888. The number of carbonyl (C=O) groups is 2. The molecule has 6 heteroatoms. The summed E-state index contributed by atoms with van der Waals surface area (Å²) in [6.45, 7) is 0. The second-order valence-electron chi connectivity index (χ2n) is 4.58. The van der Waals surface area contributed by atoms with E-state index in [-0.39, 0.29) is 18.7 Å². The van der Waals surface area contributed by atoms with Gasteiger partial charge in [0.05, 0.1) is 24.7 Å². The maximum absolute atomic E-state index is 11.9. The standard InChI is InChI=1S/C15H15N3O3/c16-11-3-6-13(17-9-11)8-14(19)18-12-4-1-10(2-5-12)7-15(20)21/h1-6,9H,7-8,16H2,(H,18,19)(H,20,21). The lowest BCUT2D eigenvalue weighted by molar-refractivity contribution is -0.136. The maximum atomic E-state index is 11.9. The van der Waals surface area contributed by atoms with Crippen molar-refractivity contribution in [3.63, 3.8) is 0 Å². The zero-order valence-corrected chi connectivity index (χ0v) is 11.2. The molecule has 0 radical (unpaired) electrons. The van der Waals surface area contributed by atoms with Crippen LogP contribution in [0, 0.1) is 0 Å². The van der Waals surface area contributed by atoms with Gasteiger partial charge in [0.2, 0.25) is 5.91 Å². The van der Waals surface area contributed by atoms with Gasteiger partial charge in [0.25, 0.3) is 0 Å². The number of nitrogens with zero attached hydrogens (tertiary/aromatic N) is 1. The summed E-state index contributed by atoms with van der Waals surface area (Å²) in [4.78, 5) is 26.5. The molecular formula is C15H15N3O3. The lowest BCUT2D eigenvalue weighted by atomic mass is 10.1. The quantitative estimate of drug-likeness (QED) is 0.771. The molecular weight excluding hydrogens is 270 g/mol. The van der Waals surface area contributed by atoms with E-state index in [1.807, 2.05) is 0 Å². The van der Waals surface area contributed by atoms with Gasteiger partial charge < -0.3 is 16.2 Å². The highest BCUT2D eigenvalue weighted by molar-refractivity contribution is 5.92. The summed E-state index contributed by atoms with van der Waals surface area (Å²) in [5.41, 5.74) is 8.00. The van der Waals surface area contributed by atoms with Gasteiger partial charge in [0.1, 0.15) is 0 Å². The van der Waals surface area contributed by atoms with Gasteiger partial charge in [-0.25, -0.2) is 0 Å². The van der Waals surface area contributed by atoms with Crippen LogP contribution in [-0.2, 0) is 22.4 Å². The third kappa shape index (κ3) is 4.61. The van der Waals surface area contributed by atoms with Crippen LogP contribution >= 0.6 is 0 Å². The minimum Gasteiger partial charge on any atom is -0.481 e. The normalized spacial score (nSPS) is 10.1. The van der Waals surface area contributed by atoms with E-state index in [1.165, 1.54) is 6.20 Å². The van der Waals surface area contributed by atoms with Crippen molar-refractivity contribution in [2.24, 2.45) is 0 Å². The third-order valence-corrected chi connectivity index (χ3v) is 2.78. The summed E-state index contributed by atoms with van der Waals surface area (Å²) in [5, 5.41) is 11.4. The first-order valence-corrected chi connectivity index (χ1v) is 6.34. The molecule has 0 aliphatic rings. The van der Waals surface area contributed by atoms with Gasteiger partial charge in [-0.1, -0.05) is 12.1 Å². The van der Waals surface area contributed by atoms with E-state index in [0.29, 0.717) is 22.6 Å². The molecule has 2 aromatic rings. The van der Waals surface area contributed by atoms with Crippen LogP contribution in [-0.4, -0.2) is 22.0 Å². The number of carboxylic acid groups (broad SMARTS) is 1. The molecule has 1 amide bonds. The number of carbonyl (C=O) groups excluding carboxylic acids is 1. The minimum absolute atomic E-state index is 0.0381. The zero-order chi connectivity index (χ0) is 15.2. The Hall–Kier alpha value is -2.89. The van der Waals surface area contributed by atoms with Crippen LogP contribution in [0.4, 0.5) is 11.4 Å². The Bertz CT molecular complexity index is 636. The van der Waals surface area contributed by atoms with E-state index in [9.17, 15) is 9.59 Å². The summed E-state index contributed by atoms with van der Waals surface area (Å²) in [5.74, 6) is -1.08. The Morgan fingerprint density at radius 2 is 1.81 bits per heavy atom. The van der Waals surface area contributed by atoms with Crippen LogP contribution in [0.1, 0.15) is 11.3 Å². The van der Waals surface area contributed by atoms with Crippen molar-refractivity contribution < 1.29 is 14.7 Å². The first kappa shape index (κ1) is 14.5. The number of carboxylic acids is 1. The Labute approximate surface area is 121 Å². The summed E-state index contributed by atoms with van der Waals surface area (Å²) in [6, 6.07) is 10.1. The molecule has 6 nitrogen and oxygen atoms in total. The van der Waals surface area contributed by atoms with Crippen LogP contribution in [0.2, 0.25) is 0 Å². The number of nitrogens with one attached hydrogen (secondary N) is 1. The highest BCUT2D eigenvalue weighted by Crippen LogP contribution is 2.11. The molecule has 0 aliphatic heterocycles. The number of nitrogen functional groups attached to an aromatic ring is 1. The highest BCUT2D eigenvalue weighted by atomic mass is 16.4. The van der Waals surface area contributed by atoms with Crippen LogP contribution in [0.3, 0.4) is 0 Å². The van der Waals surface area contributed by atoms with Gasteiger partial charge in [-0.15, -0.1) is 0 Å². The van der Waals surface area contributed by atoms with Gasteiger partial charge >= 0.3 is 5.97 Å². The van der Waals surface area contributed by atoms with Crippen molar-refractivity contribution in [3.8, 4) is 0 Å². The smallest absolute Gasteiger partial charge is 0.307 e. The fourth-order valence-electron chi connectivity index (χ4n) is 1.79. The average Bonchev–Trinajstić information content (AvgIpc) is 2.43. The largest absolute Gasteiger partial charge is 0.481 e. The molecule has 0 atom stereocenters. The number of aliphatic carboxylic acids is 1. The molecule has 108 valence electrons. The van der Waals surface area contributed by atoms with Crippen molar-refractivity contribution in [1.82, 2.24) is 4.98 Å². The number of anilines is 2. The number of amides is 1. The molecule has 2 rings (SSSR count). The highest BCUT2D eigenvalue weighted by Gasteiger charge is 2.06. The van der Waals surface area contributed by atoms with Crippen molar-refractivity contribution in [2.45, 2.75) is 12.8 Å². The molecule has 0 saturated carbocycles. The molecule has 0 bridgehead atoms. The van der Waals surface area contributed by atoms with E-state index in [0.717, 1.165) is 0 Å². The predicted octanol–water partition coefficient (Wildman–Crippen LogP) is 1.47. The Morgan fingerprint density at radius 1 is 1.10 bits per heavy atom. The zero-order valence-electron chi connectivity index (χ0n) is 11.2. The monoisotopic (exact) mass is 285 g/mol. The van der Waals surface area contributed by atoms with E-state index in [4.69, 9.17) is 10.8 Å². The molecule has 0 unspecified atom stereocenters. The molecule has 1 heterocycles. The van der Waals surface area contributed by atoms with Crippen molar-refractivity contribution in [1.29, 1.82) is 0 Å². The predicted molar refractivity (Wildman–Crippen MR) is 78.8 cm³/mol. The topological polar surface area (TPSA) is 105 Å². The number of hydrogen-bond donors (Lipinski definition) is 3. The van der Waals surface area contributed by atoms with E-state index in [1.54, 1.807) is 36.4 Å². The molecule has 0 fully saturated rings. The summed E-state index contributed by atoms with van der Waals surface area (Å²) < 4.78 is 0.